The lowest BCUT2D eigenvalue weighted by molar-refractivity contribution is 0.123. The monoisotopic (exact) mass is 231 g/mol. The first-order chi connectivity index (χ1) is 7.15. The highest BCUT2D eigenvalue weighted by molar-refractivity contribution is 6.32. The molecule has 0 aliphatic carbocycles. The smallest absolute Gasteiger partial charge is 0.179 e. The summed E-state index contributed by atoms with van der Waals surface area (Å²) in [7, 11) is 3.11. The van der Waals surface area contributed by atoms with Gasteiger partial charge in [0.05, 0.1) is 25.8 Å². The van der Waals surface area contributed by atoms with Crippen molar-refractivity contribution in [3.8, 4) is 11.5 Å². The van der Waals surface area contributed by atoms with Crippen molar-refractivity contribution in [2.24, 2.45) is 5.90 Å². The van der Waals surface area contributed by atoms with Gasteiger partial charge in [-0.3, -0.25) is 4.84 Å². The predicted molar refractivity (Wildman–Crippen MR) is 58.3 cm³/mol. The Kier molecular flexibility index (Phi) is 4.20. The molecule has 1 rings (SSSR count). The molecule has 0 heterocycles. The average molecular weight is 232 g/mol. The van der Waals surface area contributed by atoms with Gasteiger partial charge >= 0.3 is 0 Å². The molecule has 0 unspecified atom stereocenters. The van der Waals surface area contributed by atoms with Crippen LogP contribution < -0.4 is 15.4 Å². The molecule has 5 heteroatoms. The molecule has 0 amide bonds. The van der Waals surface area contributed by atoms with Gasteiger partial charge in [-0.15, -0.1) is 0 Å². The molecule has 0 aliphatic heterocycles. The van der Waals surface area contributed by atoms with Crippen molar-refractivity contribution in [2.45, 2.75) is 13.5 Å². The number of nitrogens with two attached hydrogens (primary N) is 1. The number of halogens is 1. The number of ether oxygens (including phenoxy) is 2. The Hall–Kier alpha value is -0.970. The molecule has 0 aliphatic rings. The quantitative estimate of drug-likeness (QED) is 0.806. The molecule has 1 aromatic carbocycles. The molecule has 0 aromatic heterocycles. The maximum Gasteiger partial charge on any atom is 0.179 e. The van der Waals surface area contributed by atoms with Crippen LogP contribution in [0.1, 0.15) is 11.1 Å². The molecule has 0 atom stereocenters. The minimum atomic E-state index is 0.284. The van der Waals surface area contributed by atoms with E-state index in [1.54, 1.807) is 20.3 Å². The van der Waals surface area contributed by atoms with Gasteiger partial charge in [0, 0.05) is 5.56 Å². The van der Waals surface area contributed by atoms with E-state index in [2.05, 4.69) is 4.84 Å². The SMILES string of the molecule is COc1c(Cl)cc(CON)c(C)c1OC. The Labute approximate surface area is 93.8 Å². The molecular formula is C10H14ClNO3. The van der Waals surface area contributed by atoms with Crippen LogP contribution in [0.25, 0.3) is 0 Å². The molecule has 15 heavy (non-hydrogen) atoms. The van der Waals surface area contributed by atoms with E-state index < -0.39 is 0 Å². The summed E-state index contributed by atoms with van der Waals surface area (Å²) in [4.78, 5) is 4.58. The zero-order valence-corrected chi connectivity index (χ0v) is 9.72. The predicted octanol–water partition coefficient (Wildman–Crippen LogP) is 2.06. The molecule has 84 valence electrons. The highest BCUT2D eigenvalue weighted by Gasteiger charge is 2.15. The van der Waals surface area contributed by atoms with Crippen molar-refractivity contribution >= 4 is 11.6 Å². The van der Waals surface area contributed by atoms with E-state index in [9.17, 15) is 0 Å². The Morgan fingerprint density at radius 1 is 1.27 bits per heavy atom. The van der Waals surface area contributed by atoms with Crippen molar-refractivity contribution in [3.05, 3.63) is 22.2 Å². The first-order valence-electron chi connectivity index (χ1n) is 4.37. The maximum atomic E-state index is 6.02. The van der Waals surface area contributed by atoms with Crippen LogP contribution >= 0.6 is 11.6 Å². The third-order valence-electron chi connectivity index (χ3n) is 2.19. The molecule has 0 saturated heterocycles. The molecule has 0 fully saturated rings. The van der Waals surface area contributed by atoms with Gasteiger partial charge in [-0.05, 0) is 18.6 Å². The lowest BCUT2D eigenvalue weighted by Crippen LogP contribution is -2.03. The van der Waals surface area contributed by atoms with Gasteiger partial charge in [-0.2, -0.15) is 0 Å². The summed E-state index contributed by atoms with van der Waals surface area (Å²) in [5.41, 5.74) is 1.78. The van der Waals surface area contributed by atoms with Crippen molar-refractivity contribution in [2.75, 3.05) is 14.2 Å². The van der Waals surface area contributed by atoms with Crippen molar-refractivity contribution in [3.63, 3.8) is 0 Å². The second-order valence-corrected chi connectivity index (χ2v) is 3.43. The first-order valence-corrected chi connectivity index (χ1v) is 4.75. The number of hydrogen-bond acceptors (Lipinski definition) is 4. The fourth-order valence-corrected chi connectivity index (χ4v) is 1.72. The summed E-state index contributed by atoms with van der Waals surface area (Å²) in [6, 6.07) is 1.76. The summed E-state index contributed by atoms with van der Waals surface area (Å²) in [6.45, 7) is 2.18. The van der Waals surface area contributed by atoms with Gasteiger partial charge in [-0.1, -0.05) is 11.6 Å². The van der Waals surface area contributed by atoms with E-state index in [1.165, 1.54) is 0 Å². The number of methoxy groups -OCH3 is 2. The fraction of sp³-hybridized carbons (Fsp3) is 0.400. The summed E-state index contributed by atoms with van der Waals surface area (Å²) in [6.07, 6.45) is 0. The van der Waals surface area contributed by atoms with Crippen molar-refractivity contribution < 1.29 is 14.3 Å². The fourth-order valence-electron chi connectivity index (χ4n) is 1.43. The number of hydrogen-bond donors (Lipinski definition) is 1. The van der Waals surface area contributed by atoms with Crippen LogP contribution in [0.3, 0.4) is 0 Å². The van der Waals surface area contributed by atoms with Crippen LogP contribution in [0, 0.1) is 6.92 Å². The molecule has 1 aromatic rings. The minimum absolute atomic E-state index is 0.284. The summed E-state index contributed by atoms with van der Waals surface area (Å²) in [5, 5.41) is 0.479. The second-order valence-electron chi connectivity index (χ2n) is 3.02. The van der Waals surface area contributed by atoms with E-state index >= 15 is 0 Å². The van der Waals surface area contributed by atoms with Gasteiger partial charge in [0.25, 0.3) is 0 Å². The molecule has 0 radical (unpaired) electrons. The minimum Gasteiger partial charge on any atom is -0.493 e. The van der Waals surface area contributed by atoms with E-state index in [0.29, 0.717) is 16.5 Å². The molecule has 0 saturated carbocycles. The zero-order chi connectivity index (χ0) is 11.4. The Bertz CT molecular complexity index is 355. The standard InChI is InChI=1S/C10H14ClNO3/c1-6-7(5-15-12)4-8(11)10(14-3)9(6)13-2/h4H,5,12H2,1-3H3. The third-order valence-corrected chi connectivity index (χ3v) is 2.47. The highest BCUT2D eigenvalue weighted by Crippen LogP contribution is 2.39. The van der Waals surface area contributed by atoms with E-state index in [1.807, 2.05) is 6.92 Å². The van der Waals surface area contributed by atoms with Crippen LogP contribution in [0.5, 0.6) is 11.5 Å². The van der Waals surface area contributed by atoms with Crippen LogP contribution in [-0.2, 0) is 11.4 Å². The molecule has 0 spiro atoms. The van der Waals surface area contributed by atoms with Gasteiger partial charge in [0.2, 0.25) is 0 Å². The van der Waals surface area contributed by atoms with E-state index in [0.717, 1.165) is 11.1 Å². The second kappa shape index (κ2) is 5.21. The Balaban J connectivity index is 3.30. The van der Waals surface area contributed by atoms with Crippen molar-refractivity contribution in [1.29, 1.82) is 0 Å². The summed E-state index contributed by atoms with van der Waals surface area (Å²) < 4.78 is 10.4. The van der Waals surface area contributed by atoms with Gasteiger partial charge in [0.1, 0.15) is 0 Å². The average Bonchev–Trinajstić information content (AvgIpc) is 2.22. The number of benzene rings is 1. The van der Waals surface area contributed by atoms with Crippen LogP contribution in [-0.4, -0.2) is 14.2 Å². The van der Waals surface area contributed by atoms with E-state index in [4.69, 9.17) is 27.0 Å². The van der Waals surface area contributed by atoms with Crippen molar-refractivity contribution in [1.82, 2.24) is 0 Å². The normalized spacial score (nSPS) is 10.2. The molecule has 2 N–H and O–H groups in total. The van der Waals surface area contributed by atoms with Gasteiger partial charge < -0.3 is 9.47 Å². The Morgan fingerprint density at radius 3 is 2.33 bits per heavy atom. The molecule has 0 bridgehead atoms. The summed E-state index contributed by atoms with van der Waals surface area (Å²) in [5.74, 6) is 6.16. The van der Waals surface area contributed by atoms with Crippen LogP contribution in [0.4, 0.5) is 0 Å². The van der Waals surface area contributed by atoms with Crippen LogP contribution in [0.2, 0.25) is 5.02 Å². The Morgan fingerprint density at radius 2 is 1.87 bits per heavy atom. The highest BCUT2D eigenvalue weighted by atomic mass is 35.5. The number of rotatable bonds is 4. The third kappa shape index (κ3) is 2.34. The maximum absolute atomic E-state index is 6.02. The zero-order valence-electron chi connectivity index (χ0n) is 8.96. The molecule has 4 nitrogen and oxygen atoms in total. The lowest BCUT2D eigenvalue weighted by Gasteiger charge is -2.15. The van der Waals surface area contributed by atoms with Gasteiger partial charge in [0.15, 0.2) is 11.5 Å². The van der Waals surface area contributed by atoms with Gasteiger partial charge in [-0.25, -0.2) is 5.90 Å². The summed E-state index contributed by atoms with van der Waals surface area (Å²) >= 11 is 6.02. The topological polar surface area (TPSA) is 53.7 Å². The first kappa shape index (κ1) is 12.1. The lowest BCUT2D eigenvalue weighted by atomic mass is 10.1. The van der Waals surface area contributed by atoms with E-state index in [-0.39, 0.29) is 6.61 Å². The largest absolute Gasteiger partial charge is 0.493 e. The molecular weight excluding hydrogens is 218 g/mol. The van der Waals surface area contributed by atoms with Crippen LogP contribution in [0.15, 0.2) is 6.07 Å².